The monoisotopic (exact) mass is 288 g/mol. The third-order valence-corrected chi connectivity index (χ3v) is 3.34. The number of aryl methyl sites for hydroxylation is 1. The fourth-order valence-electron chi connectivity index (χ4n) is 0.877. The van der Waals surface area contributed by atoms with Gasteiger partial charge < -0.3 is 0 Å². The lowest BCUT2D eigenvalue weighted by Gasteiger charge is -2.11. The molecule has 0 saturated carbocycles. The van der Waals surface area contributed by atoms with Crippen molar-refractivity contribution in [2.24, 2.45) is 0 Å². The first kappa shape index (κ1) is 13.1. The molecule has 0 aliphatic rings. The second kappa shape index (κ2) is 4.47. The molecule has 0 heterocycles. The molecule has 3 nitrogen and oxygen atoms in total. The molecule has 0 radical (unpaired) electrons. The standard InChI is InChI=1S/C8H7Cl3O3S/c1-6-2-4-7(5-3-6)15(12,13)14-8(9,10)11/h2-5H,1H3. The summed E-state index contributed by atoms with van der Waals surface area (Å²) < 4.78 is 25.0. The van der Waals surface area contributed by atoms with Crippen molar-refractivity contribution in [3.8, 4) is 0 Å². The van der Waals surface area contributed by atoms with E-state index in [4.69, 9.17) is 34.8 Å². The van der Waals surface area contributed by atoms with Gasteiger partial charge in [-0.1, -0.05) is 52.5 Å². The molecule has 0 bridgehead atoms. The summed E-state index contributed by atoms with van der Waals surface area (Å²) in [6.07, 6.45) is 0. The largest absolute Gasteiger partial charge is 0.312 e. The average molecular weight is 290 g/mol. The van der Waals surface area contributed by atoms with Gasteiger partial charge in [0.2, 0.25) is 0 Å². The molecule has 84 valence electrons. The van der Waals surface area contributed by atoms with Crippen LogP contribution in [-0.4, -0.2) is 12.4 Å². The van der Waals surface area contributed by atoms with E-state index in [0.717, 1.165) is 5.56 Å². The van der Waals surface area contributed by atoms with Gasteiger partial charge in [0.25, 0.3) is 0 Å². The normalized spacial score (nSPS) is 12.8. The molecule has 1 aromatic rings. The molecule has 0 fully saturated rings. The van der Waals surface area contributed by atoms with E-state index < -0.39 is 14.1 Å². The fraction of sp³-hybridized carbons (Fsp3) is 0.250. The van der Waals surface area contributed by atoms with Gasteiger partial charge >= 0.3 is 14.1 Å². The Morgan fingerprint density at radius 1 is 1.13 bits per heavy atom. The minimum atomic E-state index is -4.03. The lowest BCUT2D eigenvalue weighted by Crippen LogP contribution is -2.16. The Morgan fingerprint density at radius 3 is 2.00 bits per heavy atom. The Balaban J connectivity index is 3.02. The molecule has 1 aromatic carbocycles. The number of halogens is 3. The average Bonchev–Trinajstić information content (AvgIpc) is 2.00. The predicted molar refractivity (Wildman–Crippen MR) is 59.7 cm³/mol. The summed E-state index contributed by atoms with van der Waals surface area (Å²) in [7, 11) is -4.03. The molecule has 0 N–H and O–H groups in total. The highest BCUT2D eigenvalue weighted by Gasteiger charge is 2.30. The van der Waals surface area contributed by atoms with Crippen LogP contribution in [0.15, 0.2) is 29.2 Å². The SMILES string of the molecule is Cc1ccc(S(=O)(=O)OC(Cl)(Cl)Cl)cc1. The Hall–Kier alpha value is -0.000000000000000167. The van der Waals surface area contributed by atoms with Gasteiger partial charge in [-0.2, -0.15) is 8.42 Å². The van der Waals surface area contributed by atoms with Crippen LogP contribution in [0.4, 0.5) is 0 Å². The Kier molecular flexibility index (Phi) is 3.90. The van der Waals surface area contributed by atoms with Gasteiger partial charge in [-0.25, -0.2) is 4.18 Å². The van der Waals surface area contributed by atoms with Crippen LogP contribution in [-0.2, 0) is 14.3 Å². The second-order valence-electron chi connectivity index (χ2n) is 2.80. The molecule has 0 unspecified atom stereocenters. The van der Waals surface area contributed by atoms with Gasteiger partial charge in [-0.3, -0.25) is 0 Å². The van der Waals surface area contributed by atoms with Crippen LogP contribution in [0.5, 0.6) is 0 Å². The lowest BCUT2D eigenvalue weighted by atomic mass is 10.2. The van der Waals surface area contributed by atoms with Crippen molar-refractivity contribution in [2.45, 2.75) is 15.8 Å². The maximum atomic E-state index is 11.5. The van der Waals surface area contributed by atoms with E-state index >= 15 is 0 Å². The topological polar surface area (TPSA) is 43.4 Å². The molecule has 7 heteroatoms. The van der Waals surface area contributed by atoms with E-state index in [2.05, 4.69) is 4.18 Å². The maximum absolute atomic E-state index is 11.5. The predicted octanol–water partition coefficient (Wildman–Crippen LogP) is 3.03. The Bertz CT molecular complexity index is 433. The molecule has 0 spiro atoms. The van der Waals surface area contributed by atoms with Crippen molar-refractivity contribution >= 4 is 44.9 Å². The lowest BCUT2D eigenvalue weighted by molar-refractivity contribution is 0.321. The number of alkyl halides is 3. The third-order valence-electron chi connectivity index (χ3n) is 1.51. The molecule has 0 amide bonds. The summed E-state index contributed by atoms with van der Waals surface area (Å²) >= 11 is 15.7. The van der Waals surface area contributed by atoms with E-state index in [1.54, 1.807) is 12.1 Å². The molecular formula is C8H7Cl3O3S. The summed E-state index contributed by atoms with van der Waals surface area (Å²) in [4.78, 5) is -0.0561. The molecule has 1 rings (SSSR count). The van der Waals surface area contributed by atoms with Crippen LogP contribution >= 0.6 is 34.8 Å². The zero-order valence-corrected chi connectivity index (χ0v) is 10.7. The summed E-state index contributed by atoms with van der Waals surface area (Å²) in [5, 5.41) is 0. The summed E-state index contributed by atoms with van der Waals surface area (Å²) in [6, 6.07) is 5.99. The number of hydrogen-bond donors (Lipinski definition) is 0. The minimum Gasteiger partial charge on any atom is -0.212 e. The van der Waals surface area contributed by atoms with E-state index in [1.807, 2.05) is 6.92 Å². The van der Waals surface area contributed by atoms with Crippen molar-refractivity contribution in [3.63, 3.8) is 0 Å². The highest BCUT2D eigenvalue weighted by Crippen LogP contribution is 2.31. The minimum absolute atomic E-state index is 0.0561. The smallest absolute Gasteiger partial charge is 0.212 e. The van der Waals surface area contributed by atoms with E-state index in [9.17, 15) is 8.42 Å². The van der Waals surface area contributed by atoms with Crippen LogP contribution in [0.3, 0.4) is 0 Å². The van der Waals surface area contributed by atoms with Crippen LogP contribution in [0.2, 0.25) is 0 Å². The second-order valence-corrected chi connectivity index (χ2v) is 6.52. The van der Waals surface area contributed by atoms with Crippen molar-refractivity contribution in [1.82, 2.24) is 0 Å². The van der Waals surface area contributed by atoms with Gasteiger partial charge in [0.05, 0.1) is 4.90 Å². The van der Waals surface area contributed by atoms with Gasteiger partial charge in [-0.05, 0) is 19.1 Å². The summed E-state index contributed by atoms with van der Waals surface area (Å²) in [5.74, 6) is 0. The van der Waals surface area contributed by atoms with Crippen LogP contribution < -0.4 is 0 Å². The highest BCUT2D eigenvalue weighted by molar-refractivity contribution is 7.87. The molecular weight excluding hydrogens is 283 g/mol. The van der Waals surface area contributed by atoms with Gasteiger partial charge in [-0.15, -0.1) is 0 Å². The zero-order chi connectivity index (χ0) is 11.7. The maximum Gasteiger partial charge on any atom is 0.312 e. The number of benzene rings is 1. The molecule has 0 aliphatic heterocycles. The van der Waals surface area contributed by atoms with Crippen molar-refractivity contribution in [1.29, 1.82) is 0 Å². The third kappa shape index (κ3) is 4.17. The van der Waals surface area contributed by atoms with Crippen LogP contribution in [0.25, 0.3) is 0 Å². The Labute approximate surface area is 103 Å². The highest BCUT2D eigenvalue weighted by atomic mass is 35.6. The van der Waals surface area contributed by atoms with Crippen molar-refractivity contribution in [2.75, 3.05) is 0 Å². The molecule has 15 heavy (non-hydrogen) atoms. The van der Waals surface area contributed by atoms with Crippen molar-refractivity contribution in [3.05, 3.63) is 29.8 Å². The van der Waals surface area contributed by atoms with Crippen molar-refractivity contribution < 1.29 is 12.6 Å². The van der Waals surface area contributed by atoms with E-state index in [-0.39, 0.29) is 4.90 Å². The van der Waals surface area contributed by atoms with Gasteiger partial charge in [0.1, 0.15) is 0 Å². The van der Waals surface area contributed by atoms with Gasteiger partial charge in [0, 0.05) is 0 Å². The first-order chi connectivity index (χ1) is 6.71. The van der Waals surface area contributed by atoms with Gasteiger partial charge in [0.15, 0.2) is 0 Å². The summed E-state index contributed by atoms with van der Waals surface area (Å²) in [5.41, 5.74) is 0.919. The number of hydrogen-bond acceptors (Lipinski definition) is 3. The molecule has 0 aromatic heterocycles. The molecule has 0 saturated heterocycles. The first-order valence-corrected chi connectivity index (χ1v) is 6.34. The van der Waals surface area contributed by atoms with E-state index in [1.165, 1.54) is 12.1 Å². The van der Waals surface area contributed by atoms with Crippen LogP contribution in [0.1, 0.15) is 5.56 Å². The Morgan fingerprint density at radius 2 is 1.60 bits per heavy atom. The quantitative estimate of drug-likeness (QED) is 0.621. The van der Waals surface area contributed by atoms with Crippen LogP contribution in [0, 0.1) is 6.92 Å². The number of rotatable bonds is 2. The molecule has 0 aliphatic carbocycles. The zero-order valence-electron chi connectivity index (χ0n) is 7.58. The summed E-state index contributed by atoms with van der Waals surface area (Å²) in [6.45, 7) is 1.83. The first-order valence-electron chi connectivity index (χ1n) is 3.80. The van der Waals surface area contributed by atoms with E-state index in [0.29, 0.717) is 0 Å². The fourth-order valence-corrected chi connectivity index (χ4v) is 2.44. The molecule has 0 atom stereocenters.